The number of carbonyl (C=O) groups is 1. The predicted molar refractivity (Wildman–Crippen MR) is 91.8 cm³/mol. The van der Waals surface area contributed by atoms with Crippen molar-refractivity contribution < 1.29 is 18.7 Å². The van der Waals surface area contributed by atoms with Crippen molar-refractivity contribution in [1.29, 1.82) is 0 Å². The second kappa shape index (κ2) is 7.98. The van der Waals surface area contributed by atoms with E-state index in [-0.39, 0.29) is 24.7 Å². The number of benzene rings is 2. The molecule has 2 N–H and O–H groups in total. The minimum atomic E-state index is -0.329. The van der Waals surface area contributed by atoms with Crippen LogP contribution in [0, 0.1) is 5.82 Å². The van der Waals surface area contributed by atoms with Crippen LogP contribution in [0.15, 0.2) is 42.5 Å². The summed E-state index contributed by atoms with van der Waals surface area (Å²) in [6.07, 6.45) is 0.479. The van der Waals surface area contributed by atoms with Gasteiger partial charge in [0.15, 0.2) is 6.79 Å². The molecule has 0 saturated carbocycles. The normalized spacial score (nSPS) is 14.2. The number of rotatable bonds is 5. The molecule has 2 amide bonds. The molecule has 0 bridgehead atoms. The van der Waals surface area contributed by atoms with E-state index in [9.17, 15) is 9.18 Å². The van der Waals surface area contributed by atoms with Crippen LogP contribution in [0.4, 0.5) is 9.18 Å². The van der Waals surface area contributed by atoms with E-state index in [1.807, 2.05) is 37.3 Å². The Kier molecular flexibility index (Phi) is 5.50. The minimum Gasteiger partial charge on any atom is -0.467 e. The Morgan fingerprint density at radius 1 is 1.28 bits per heavy atom. The van der Waals surface area contributed by atoms with E-state index >= 15 is 0 Å². The first-order valence-corrected chi connectivity index (χ1v) is 8.24. The standard InChI is InChI=1S/C19H21FN2O3/c1-13(14-5-3-2-4-6-14)22-19(23)21-8-7-15-9-17(20)10-16-11-24-12-25-18(15)16/h2-6,9-10,13H,7-8,11-12H2,1H3,(H2,21,22,23). The third kappa shape index (κ3) is 4.48. The summed E-state index contributed by atoms with van der Waals surface area (Å²) in [7, 11) is 0. The van der Waals surface area contributed by atoms with Crippen LogP contribution < -0.4 is 15.4 Å². The highest BCUT2D eigenvalue weighted by Gasteiger charge is 2.17. The van der Waals surface area contributed by atoms with Crippen molar-refractivity contribution in [2.24, 2.45) is 0 Å². The first-order chi connectivity index (χ1) is 12.1. The van der Waals surface area contributed by atoms with Gasteiger partial charge in [0.25, 0.3) is 0 Å². The van der Waals surface area contributed by atoms with Gasteiger partial charge >= 0.3 is 6.03 Å². The number of nitrogens with one attached hydrogen (secondary N) is 2. The van der Waals surface area contributed by atoms with Crippen molar-refractivity contribution >= 4 is 6.03 Å². The van der Waals surface area contributed by atoms with E-state index in [1.165, 1.54) is 12.1 Å². The molecule has 3 rings (SSSR count). The highest BCUT2D eigenvalue weighted by atomic mass is 19.1. The molecule has 1 unspecified atom stereocenters. The Hall–Kier alpha value is -2.60. The fourth-order valence-corrected chi connectivity index (χ4v) is 2.83. The first kappa shape index (κ1) is 17.2. The van der Waals surface area contributed by atoms with Crippen LogP contribution >= 0.6 is 0 Å². The van der Waals surface area contributed by atoms with E-state index < -0.39 is 0 Å². The predicted octanol–water partition coefficient (Wildman–Crippen LogP) is 3.30. The maximum absolute atomic E-state index is 13.7. The number of carbonyl (C=O) groups excluding carboxylic acids is 1. The van der Waals surface area contributed by atoms with Crippen molar-refractivity contribution in [2.75, 3.05) is 13.3 Å². The summed E-state index contributed by atoms with van der Waals surface area (Å²) in [6.45, 7) is 2.80. The van der Waals surface area contributed by atoms with E-state index in [1.54, 1.807) is 0 Å². The molecule has 25 heavy (non-hydrogen) atoms. The molecule has 0 radical (unpaired) electrons. The van der Waals surface area contributed by atoms with Crippen molar-refractivity contribution in [3.05, 3.63) is 65.0 Å². The SMILES string of the molecule is CC(NC(=O)NCCc1cc(F)cc2c1OCOC2)c1ccccc1. The molecule has 1 atom stereocenters. The molecule has 1 aliphatic rings. The zero-order valence-electron chi connectivity index (χ0n) is 14.0. The largest absolute Gasteiger partial charge is 0.467 e. The van der Waals surface area contributed by atoms with Gasteiger partial charge in [-0.3, -0.25) is 0 Å². The summed E-state index contributed by atoms with van der Waals surface area (Å²) in [5.74, 6) is 0.331. The highest BCUT2D eigenvalue weighted by Crippen LogP contribution is 2.29. The lowest BCUT2D eigenvalue weighted by molar-refractivity contribution is -0.0172. The lowest BCUT2D eigenvalue weighted by Crippen LogP contribution is -2.38. The molecular weight excluding hydrogens is 323 g/mol. The van der Waals surface area contributed by atoms with Gasteiger partial charge in [-0.25, -0.2) is 9.18 Å². The molecule has 1 heterocycles. The third-order valence-corrected chi connectivity index (χ3v) is 4.08. The van der Waals surface area contributed by atoms with Gasteiger partial charge in [-0.2, -0.15) is 0 Å². The van der Waals surface area contributed by atoms with E-state index in [2.05, 4.69) is 10.6 Å². The lowest BCUT2D eigenvalue weighted by atomic mass is 10.1. The quantitative estimate of drug-likeness (QED) is 0.875. The molecule has 0 fully saturated rings. The van der Waals surface area contributed by atoms with Gasteiger partial charge in [-0.15, -0.1) is 0 Å². The molecule has 2 aromatic rings. The number of urea groups is 1. The molecule has 0 saturated heterocycles. The van der Waals surface area contributed by atoms with Gasteiger partial charge in [0.05, 0.1) is 12.6 Å². The third-order valence-electron chi connectivity index (χ3n) is 4.08. The molecule has 132 valence electrons. The maximum atomic E-state index is 13.7. The summed E-state index contributed by atoms with van der Waals surface area (Å²) in [5, 5.41) is 5.68. The van der Waals surface area contributed by atoms with Crippen LogP contribution in [0.25, 0.3) is 0 Å². The van der Waals surface area contributed by atoms with E-state index in [4.69, 9.17) is 9.47 Å². The minimum absolute atomic E-state index is 0.0939. The van der Waals surface area contributed by atoms with Crippen LogP contribution in [0.2, 0.25) is 0 Å². The van der Waals surface area contributed by atoms with Crippen molar-refractivity contribution in [1.82, 2.24) is 10.6 Å². The van der Waals surface area contributed by atoms with Gasteiger partial charge in [0, 0.05) is 12.1 Å². The average Bonchev–Trinajstić information content (AvgIpc) is 2.62. The lowest BCUT2D eigenvalue weighted by Gasteiger charge is -2.21. The first-order valence-electron chi connectivity index (χ1n) is 8.24. The second-order valence-corrected chi connectivity index (χ2v) is 5.95. The zero-order chi connectivity index (χ0) is 17.6. The van der Waals surface area contributed by atoms with Gasteiger partial charge in [-0.05, 0) is 36.6 Å². The summed E-state index contributed by atoms with van der Waals surface area (Å²) in [5.41, 5.74) is 2.46. The molecule has 5 nitrogen and oxygen atoms in total. The van der Waals surface area contributed by atoms with E-state index in [0.717, 1.165) is 11.1 Å². The molecule has 6 heteroatoms. The fourth-order valence-electron chi connectivity index (χ4n) is 2.83. The van der Waals surface area contributed by atoms with Crippen LogP contribution in [0.5, 0.6) is 5.75 Å². The zero-order valence-corrected chi connectivity index (χ0v) is 14.0. The summed E-state index contributed by atoms with van der Waals surface area (Å²) < 4.78 is 24.3. The Balaban J connectivity index is 1.53. The Labute approximate surface area is 146 Å². The summed E-state index contributed by atoms with van der Waals surface area (Å²) in [4.78, 5) is 12.0. The second-order valence-electron chi connectivity index (χ2n) is 5.95. The van der Waals surface area contributed by atoms with Gasteiger partial charge in [0.2, 0.25) is 0 Å². The highest BCUT2D eigenvalue weighted by molar-refractivity contribution is 5.74. The van der Waals surface area contributed by atoms with Gasteiger partial charge in [-0.1, -0.05) is 30.3 Å². The van der Waals surface area contributed by atoms with Gasteiger partial charge < -0.3 is 20.1 Å². The summed E-state index contributed by atoms with van der Waals surface area (Å²) in [6, 6.07) is 12.2. The fraction of sp³-hybridized carbons (Fsp3) is 0.316. The van der Waals surface area contributed by atoms with Crippen molar-refractivity contribution in [3.8, 4) is 5.75 Å². The van der Waals surface area contributed by atoms with E-state index in [0.29, 0.717) is 30.9 Å². The monoisotopic (exact) mass is 344 g/mol. The average molecular weight is 344 g/mol. The topological polar surface area (TPSA) is 59.6 Å². The molecular formula is C19H21FN2O3. The number of fused-ring (bicyclic) bond motifs is 1. The Morgan fingerprint density at radius 3 is 2.88 bits per heavy atom. The van der Waals surface area contributed by atoms with Crippen LogP contribution in [0.3, 0.4) is 0 Å². The molecule has 1 aliphatic heterocycles. The Morgan fingerprint density at radius 2 is 2.08 bits per heavy atom. The van der Waals surface area contributed by atoms with Gasteiger partial charge in [0.1, 0.15) is 11.6 Å². The Bertz CT molecular complexity index is 737. The number of ether oxygens (including phenoxy) is 2. The van der Waals surface area contributed by atoms with Crippen molar-refractivity contribution in [2.45, 2.75) is 26.0 Å². The maximum Gasteiger partial charge on any atom is 0.315 e. The number of hydrogen-bond acceptors (Lipinski definition) is 3. The number of hydrogen-bond donors (Lipinski definition) is 2. The number of halogens is 1. The summed E-state index contributed by atoms with van der Waals surface area (Å²) >= 11 is 0. The smallest absolute Gasteiger partial charge is 0.315 e. The van der Waals surface area contributed by atoms with Crippen LogP contribution in [-0.2, 0) is 17.8 Å². The number of amides is 2. The molecule has 0 aliphatic carbocycles. The molecule has 2 aromatic carbocycles. The van der Waals surface area contributed by atoms with Crippen molar-refractivity contribution in [3.63, 3.8) is 0 Å². The molecule has 0 spiro atoms. The van der Waals surface area contributed by atoms with Crippen LogP contribution in [0.1, 0.15) is 29.7 Å². The van der Waals surface area contributed by atoms with Crippen LogP contribution in [-0.4, -0.2) is 19.4 Å². The molecule has 0 aromatic heterocycles.